The van der Waals surface area contributed by atoms with Crippen molar-refractivity contribution in [3.63, 3.8) is 0 Å². The highest BCUT2D eigenvalue weighted by molar-refractivity contribution is 7.90. The molecule has 90 valence electrons. The maximum atomic E-state index is 10.8. The van der Waals surface area contributed by atoms with Crippen molar-refractivity contribution in [2.24, 2.45) is 0 Å². The molecule has 1 rings (SSSR count). The molecule has 0 saturated carbocycles. The highest BCUT2D eigenvalue weighted by Gasteiger charge is 2.08. The maximum absolute atomic E-state index is 10.8. The van der Waals surface area contributed by atoms with Crippen LogP contribution in [0.5, 0.6) is 0 Å². The Kier molecular flexibility index (Phi) is 3.94. The normalized spacial score (nSPS) is 11.3. The SMILES string of the molecule is CS(=O)(=O)CCCNc1ccc(C(=O)O)o1. The van der Waals surface area contributed by atoms with E-state index in [-0.39, 0.29) is 11.5 Å². The van der Waals surface area contributed by atoms with Gasteiger partial charge >= 0.3 is 5.97 Å². The van der Waals surface area contributed by atoms with E-state index in [1.165, 1.54) is 18.4 Å². The van der Waals surface area contributed by atoms with Crippen LogP contribution in [0.1, 0.15) is 17.0 Å². The van der Waals surface area contributed by atoms with Gasteiger partial charge in [0.1, 0.15) is 9.84 Å². The zero-order chi connectivity index (χ0) is 12.2. The van der Waals surface area contributed by atoms with Crippen molar-refractivity contribution in [1.29, 1.82) is 0 Å². The van der Waals surface area contributed by atoms with E-state index in [2.05, 4.69) is 5.32 Å². The minimum absolute atomic E-state index is 0.0898. The van der Waals surface area contributed by atoms with Gasteiger partial charge in [-0.2, -0.15) is 0 Å². The van der Waals surface area contributed by atoms with E-state index in [9.17, 15) is 13.2 Å². The second kappa shape index (κ2) is 5.02. The summed E-state index contributed by atoms with van der Waals surface area (Å²) in [5, 5.41) is 11.4. The molecule has 0 atom stereocenters. The molecule has 6 nitrogen and oxygen atoms in total. The van der Waals surface area contributed by atoms with Gasteiger partial charge in [0.05, 0.1) is 5.75 Å². The summed E-state index contributed by atoms with van der Waals surface area (Å²) in [5.74, 6) is -0.868. The molecule has 1 heterocycles. The average Bonchev–Trinajstić information content (AvgIpc) is 2.59. The first-order valence-corrected chi connectivity index (χ1v) is 6.69. The minimum Gasteiger partial charge on any atom is -0.475 e. The summed E-state index contributed by atoms with van der Waals surface area (Å²) < 4.78 is 26.5. The monoisotopic (exact) mass is 247 g/mol. The lowest BCUT2D eigenvalue weighted by molar-refractivity contribution is 0.0663. The van der Waals surface area contributed by atoms with Crippen LogP contribution in [0.2, 0.25) is 0 Å². The van der Waals surface area contributed by atoms with Crippen molar-refractivity contribution in [3.05, 3.63) is 17.9 Å². The highest BCUT2D eigenvalue weighted by atomic mass is 32.2. The fraction of sp³-hybridized carbons (Fsp3) is 0.444. The molecule has 0 aliphatic carbocycles. The number of rotatable bonds is 6. The summed E-state index contributed by atoms with van der Waals surface area (Å²) in [4.78, 5) is 10.5. The molecule has 0 aromatic carbocycles. The third-order valence-corrected chi connectivity index (χ3v) is 2.84. The summed E-state index contributed by atoms with van der Waals surface area (Å²) in [7, 11) is -2.95. The number of carboxylic acids is 1. The number of nitrogens with one attached hydrogen (secondary N) is 1. The molecule has 16 heavy (non-hydrogen) atoms. The fourth-order valence-corrected chi connectivity index (χ4v) is 1.76. The standard InChI is InChI=1S/C9H13NO5S/c1-16(13,14)6-2-5-10-8-4-3-7(15-8)9(11)12/h3-4,10H,2,5-6H2,1H3,(H,11,12). The van der Waals surface area contributed by atoms with Gasteiger partial charge < -0.3 is 14.8 Å². The Hall–Kier alpha value is -1.50. The van der Waals surface area contributed by atoms with Crippen molar-refractivity contribution in [1.82, 2.24) is 0 Å². The van der Waals surface area contributed by atoms with E-state index >= 15 is 0 Å². The molecule has 2 N–H and O–H groups in total. The van der Waals surface area contributed by atoms with Crippen LogP contribution >= 0.6 is 0 Å². The molecule has 1 aromatic heterocycles. The third-order valence-electron chi connectivity index (χ3n) is 1.81. The molecule has 7 heteroatoms. The van der Waals surface area contributed by atoms with E-state index < -0.39 is 15.8 Å². The Labute approximate surface area is 93.2 Å². The van der Waals surface area contributed by atoms with Gasteiger partial charge in [0.15, 0.2) is 5.88 Å². The second-order valence-electron chi connectivity index (χ2n) is 3.38. The van der Waals surface area contributed by atoms with E-state index in [0.717, 1.165) is 0 Å². The number of furan rings is 1. The summed E-state index contributed by atoms with van der Waals surface area (Å²) >= 11 is 0. The zero-order valence-corrected chi connectivity index (χ0v) is 9.58. The second-order valence-corrected chi connectivity index (χ2v) is 5.64. The van der Waals surface area contributed by atoms with Gasteiger partial charge in [-0.1, -0.05) is 0 Å². The number of hydrogen-bond donors (Lipinski definition) is 2. The Bertz CT molecular complexity index is 462. The number of carbonyl (C=O) groups is 1. The molecule has 0 aliphatic rings. The lowest BCUT2D eigenvalue weighted by Crippen LogP contribution is -2.09. The van der Waals surface area contributed by atoms with E-state index in [0.29, 0.717) is 18.8 Å². The number of anilines is 1. The van der Waals surface area contributed by atoms with Gasteiger partial charge in [0.2, 0.25) is 5.76 Å². The predicted octanol–water partition coefficient (Wildman–Crippen LogP) is 0.824. The molecule has 0 spiro atoms. The Balaban J connectivity index is 2.35. The molecular formula is C9H13NO5S. The molecule has 0 radical (unpaired) electrons. The van der Waals surface area contributed by atoms with Gasteiger partial charge in [-0.3, -0.25) is 0 Å². The van der Waals surface area contributed by atoms with E-state index in [4.69, 9.17) is 9.52 Å². The Morgan fingerprint density at radius 1 is 1.50 bits per heavy atom. The average molecular weight is 247 g/mol. The quantitative estimate of drug-likeness (QED) is 0.722. The maximum Gasteiger partial charge on any atom is 0.371 e. The van der Waals surface area contributed by atoms with E-state index in [1.54, 1.807) is 0 Å². The molecule has 1 aromatic rings. The van der Waals surface area contributed by atoms with Crippen LogP contribution < -0.4 is 5.32 Å². The van der Waals surface area contributed by atoms with Crippen molar-refractivity contribution >= 4 is 21.7 Å². The Morgan fingerprint density at radius 3 is 2.69 bits per heavy atom. The highest BCUT2D eigenvalue weighted by Crippen LogP contribution is 2.12. The number of hydrogen-bond acceptors (Lipinski definition) is 5. The van der Waals surface area contributed by atoms with Gasteiger partial charge in [-0.15, -0.1) is 0 Å². The number of sulfone groups is 1. The molecule has 0 bridgehead atoms. The van der Waals surface area contributed by atoms with Gasteiger partial charge in [-0.25, -0.2) is 13.2 Å². The van der Waals surface area contributed by atoms with Gasteiger partial charge in [-0.05, 0) is 12.5 Å². The number of aromatic carboxylic acids is 1. The third kappa shape index (κ3) is 4.35. The van der Waals surface area contributed by atoms with Crippen molar-refractivity contribution in [2.75, 3.05) is 23.9 Å². The van der Waals surface area contributed by atoms with Crippen molar-refractivity contribution in [3.8, 4) is 0 Å². The zero-order valence-electron chi connectivity index (χ0n) is 8.76. The lowest BCUT2D eigenvalue weighted by atomic mass is 10.4. The first kappa shape index (κ1) is 12.6. The predicted molar refractivity (Wildman–Crippen MR) is 58.5 cm³/mol. The first-order valence-electron chi connectivity index (χ1n) is 4.63. The summed E-state index contributed by atoms with van der Waals surface area (Å²) in [6.07, 6.45) is 1.62. The van der Waals surface area contributed by atoms with Crippen LogP contribution in [0.15, 0.2) is 16.5 Å². The summed E-state index contributed by atoms with van der Waals surface area (Å²) in [6, 6.07) is 2.82. The molecule has 0 fully saturated rings. The van der Waals surface area contributed by atoms with Gasteiger partial charge in [0, 0.05) is 18.9 Å². The molecule has 0 aliphatic heterocycles. The summed E-state index contributed by atoms with van der Waals surface area (Å²) in [6.45, 7) is 0.416. The fourth-order valence-electron chi connectivity index (χ4n) is 1.09. The lowest BCUT2D eigenvalue weighted by Gasteiger charge is -2.01. The van der Waals surface area contributed by atoms with Crippen LogP contribution in [0, 0.1) is 0 Å². The first-order chi connectivity index (χ1) is 7.38. The smallest absolute Gasteiger partial charge is 0.371 e. The van der Waals surface area contributed by atoms with Crippen molar-refractivity contribution in [2.45, 2.75) is 6.42 Å². The van der Waals surface area contributed by atoms with Crippen LogP contribution in [-0.4, -0.2) is 38.0 Å². The molecule has 0 amide bonds. The largest absolute Gasteiger partial charge is 0.475 e. The van der Waals surface area contributed by atoms with Gasteiger partial charge in [0.25, 0.3) is 0 Å². The molecular weight excluding hydrogens is 234 g/mol. The Morgan fingerprint density at radius 2 is 2.19 bits per heavy atom. The van der Waals surface area contributed by atoms with E-state index in [1.807, 2.05) is 0 Å². The van der Waals surface area contributed by atoms with Crippen LogP contribution in [0.3, 0.4) is 0 Å². The van der Waals surface area contributed by atoms with Crippen LogP contribution in [0.25, 0.3) is 0 Å². The summed E-state index contributed by atoms with van der Waals surface area (Å²) in [5.41, 5.74) is 0. The molecule has 0 saturated heterocycles. The topological polar surface area (TPSA) is 96.6 Å². The van der Waals surface area contributed by atoms with Crippen molar-refractivity contribution < 1.29 is 22.7 Å². The molecule has 0 unspecified atom stereocenters. The minimum atomic E-state index is -2.95. The van der Waals surface area contributed by atoms with Crippen LogP contribution in [0.4, 0.5) is 5.88 Å². The van der Waals surface area contributed by atoms with Crippen LogP contribution in [-0.2, 0) is 9.84 Å². The number of carboxylic acid groups (broad SMARTS) is 1.